The van der Waals surface area contributed by atoms with E-state index in [2.05, 4.69) is 4.98 Å². The molecule has 4 nitrogen and oxygen atoms in total. The number of fused-ring (bicyclic) bond motifs is 2. The lowest BCUT2D eigenvalue weighted by atomic mass is 10.0. The summed E-state index contributed by atoms with van der Waals surface area (Å²) in [4.78, 5) is 16.0. The van der Waals surface area contributed by atoms with Gasteiger partial charge in [0, 0.05) is 12.1 Å². The second-order valence-corrected chi connectivity index (χ2v) is 4.55. The molecular weight excluding hydrogens is 230 g/mol. The van der Waals surface area contributed by atoms with Crippen LogP contribution in [0.25, 0.3) is 10.8 Å². The Morgan fingerprint density at radius 3 is 2.83 bits per heavy atom. The summed E-state index contributed by atoms with van der Waals surface area (Å²) in [5.74, 6) is 0.367. The zero-order chi connectivity index (χ0) is 12.9. The van der Waals surface area contributed by atoms with Crippen LogP contribution in [0.2, 0.25) is 0 Å². The van der Waals surface area contributed by atoms with Gasteiger partial charge in [-0.25, -0.2) is 4.98 Å². The highest BCUT2D eigenvalue weighted by atomic mass is 16.5. The Labute approximate surface area is 104 Å². The zero-order valence-electron chi connectivity index (χ0n) is 10.3. The van der Waals surface area contributed by atoms with E-state index in [-0.39, 0.29) is 11.5 Å². The largest absolute Gasteiger partial charge is 0.506 e. The van der Waals surface area contributed by atoms with Crippen LogP contribution in [0.5, 0.6) is 11.6 Å². The highest BCUT2D eigenvalue weighted by molar-refractivity contribution is 6.09. The summed E-state index contributed by atoms with van der Waals surface area (Å²) in [7, 11) is 1.51. The van der Waals surface area contributed by atoms with E-state index >= 15 is 0 Å². The molecule has 0 amide bonds. The molecule has 0 fully saturated rings. The van der Waals surface area contributed by atoms with Gasteiger partial charge in [-0.3, -0.25) is 4.79 Å². The van der Waals surface area contributed by atoms with E-state index in [4.69, 9.17) is 4.74 Å². The van der Waals surface area contributed by atoms with Gasteiger partial charge in [0.1, 0.15) is 5.75 Å². The first-order valence-corrected chi connectivity index (χ1v) is 5.85. The van der Waals surface area contributed by atoms with E-state index in [9.17, 15) is 9.90 Å². The third kappa shape index (κ3) is 1.38. The maximum absolute atomic E-state index is 11.8. The van der Waals surface area contributed by atoms with Gasteiger partial charge < -0.3 is 9.84 Å². The Kier molecular flexibility index (Phi) is 2.26. The van der Waals surface area contributed by atoms with E-state index in [0.717, 1.165) is 16.6 Å². The molecule has 1 aliphatic carbocycles. The highest BCUT2D eigenvalue weighted by Gasteiger charge is 2.26. The number of phenolic OH excluding ortho intramolecular Hbond substituents is 1. The lowest BCUT2D eigenvalue weighted by molar-refractivity contribution is 0.0992. The van der Waals surface area contributed by atoms with E-state index in [1.165, 1.54) is 7.11 Å². The third-order valence-electron chi connectivity index (χ3n) is 3.36. The van der Waals surface area contributed by atoms with Crippen LogP contribution in [0.15, 0.2) is 12.1 Å². The number of nitrogens with zero attached hydrogens (tertiary/aromatic N) is 1. The number of carbonyl (C=O) groups excluding carboxylic acids is 1. The van der Waals surface area contributed by atoms with Crippen LogP contribution in [0.1, 0.15) is 28.0 Å². The maximum Gasteiger partial charge on any atom is 0.225 e. The zero-order valence-corrected chi connectivity index (χ0v) is 10.3. The summed E-state index contributed by atoms with van der Waals surface area (Å²) < 4.78 is 5.20. The fourth-order valence-electron chi connectivity index (χ4n) is 2.59. The number of aromatic nitrogens is 1. The number of phenols is 1. The van der Waals surface area contributed by atoms with Gasteiger partial charge in [-0.05, 0) is 36.4 Å². The van der Waals surface area contributed by atoms with Crippen molar-refractivity contribution in [2.75, 3.05) is 7.11 Å². The van der Waals surface area contributed by atoms with Crippen LogP contribution < -0.4 is 4.74 Å². The molecule has 1 aromatic carbocycles. The second-order valence-electron chi connectivity index (χ2n) is 4.55. The Morgan fingerprint density at radius 2 is 2.11 bits per heavy atom. The van der Waals surface area contributed by atoms with Crippen LogP contribution in [-0.4, -0.2) is 23.0 Å². The summed E-state index contributed by atoms with van der Waals surface area (Å²) in [6, 6.07) is 3.84. The molecule has 0 spiro atoms. The topological polar surface area (TPSA) is 59.4 Å². The van der Waals surface area contributed by atoms with Crippen molar-refractivity contribution in [1.82, 2.24) is 4.98 Å². The van der Waals surface area contributed by atoms with Gasteiger partial charge in [0.05, 0.1) is 18.1 Å². The molecule has 0 aliphatic heterocycles. The molecule has 1 aromatic heterocycles. The third-order valence-corrected chi connectivity index (χ3v) is 3.36. The number of aromatic hydroxyl groups is 1. The molecule has 4 heteroatoms. The fraction of sp³-hybridized carbons (Fsp3) is 0.286. The number of benzene rings is 1. The molecule has 18 heavy (non-hydrogen) atoms. The molecule has 2 aromatic rings. The number of aryl methyl sites for hydroxylation is 2. The van der Waals surface area contributed by atoms with Crippen molar-refractivity contribution in [3.05, 3.63) is 29.0 Å². The molecule has 1 heterocycles. The number of ketones is 1. The predicted molar refractivity (Wildman–Crippen MR) is 67.3 cm³/mol. The van der Waals surface area contributed by atoms with Crippen LogP contribution >= 0.6 is 0 Å². The number of carbonyl (C=O) groups is 1. The van der Waals surface area contributed by atoms with Gasteiger partial charge in [-0.1, -0.05) is 0 Å². The number of methoxy groups -OCH3 is 1. The Balaban J connectivity index is 2.46. The average Bonchev–Trinajstić information content (AvgIpc) is 2.69. The first kappa shape index (κ1) is 11.0. The summed E-state index contributed by atoms with van der Waals surface area (Å²) >= 11 is 0. The van der Waals surface area contributed by atoms with E-state index in [0.29, 0.717) is 29.7 Å². The highest BCUT2D eigenvalue weighted by Crippen LogP contribution is 2.40. The maximum atomic E-state index is 11.8. The molecule has 0 atom stereocenters. The minimum Gasteiger partial charge on any atom is -0.506 e. The van der Waals surface area contributed by atoms with Gasteiger partial charge in [0.15, 0.2) is 5.78 Å². The normalized spacial score (nSPS) is 14.0. The number of Topliss-reactive ketones (excluding diaryl/α,β-unsaturated/α-hetero) is 1. The number of rotatable bonds is 1. The minimum atomic E-state index is -0.00738. The second kappa shape index (κ2) is 3.70. The minimum absolute atomic E-state index is 0.00738. The molecule has 0 saturated heterocycles. The molecule has 0 unspecified atom stereocenters. The van der Waals surface area contributed by atoms with Crippen molar-refractivity contribution < 1.29 is 14.6 Å². The van der Waals surface area contributed by atoms with Crippen LogP contribution in [-0.2, 0) is 6.42 Å². The van der Waals surface area contributed by atoms with Gasteiger partial charge in [0.2, 0.25) is 5.88 Å². The van der Waals surface area contributed by atoms with E-state index in [1.807, 2.05) is 19.1 Å². The standard InChI is InChI=1S/C14H13NO3/c1-7-5-9-6-8-3-4-10(16)11(8)13(17)12(9)14(15-7)18-2/h5-6,17H,3-4H2,1-2H3. The number of pyridine rings is 1. The molecular formula is C14H13NO3. The smallest absolute Gasteiger partial charge is 0.225 e. The van der Waals surface area contributed by atoms with Crippen molar-refractivity contribution in [1.29, 1.82) is 0 Å². The monoisotopic (exact) mass is 243 g/mol. The Bertz CT molecular complexity index is 677. The number of hydrogen-bond acceptors (Lipinski definition) is 4. The average molecular weight is 243 g/mol. The summed E-state index contributed by atoms with van der Waals surface area (Å²) in [6.07, 6.45) is 1.16. The molecule has 3 rings (SSSR count). The summed E-state index contributed by atoms with van der Waals surface area (Å²) in [5, 5.41) is 11.7. The van der Waals surface area contributed by atoms with Gasteiger partial charge in [0.25, 0.3) is 0 Å². The van der Waals surface area contributed by atoms with Crippen LogP contribution in [0, 0.1) is 6.92 Å². The number of hydrogen-bond donors (Lipinski definition) is 1. The molecule has 1 N–H and O–H groups in total. The van der Waals surface area contributed by atoms with Crippen LogP contribution in [0.3, 0.4) is 0 Å². The van der Waals surface area contributed by atoms with Gasteiger partial charge >= 0.3 is 0 Å². The number of ether oxygens (including phenoxy) is 1. The summed E-state index contributed by atoms with van der Waals surface area (Å²) in [5.41, 5.74) is 2.17. The van der Waals surface area contributed by atoms with E-state index in [1.54, 1.807) is 0 Å². The molecule has 1 aliphatic rings. The van der Waals surface area contributed by atoms with Crippen molar-refractivity contribution in [3.8, 4) is 11.6 Å². The SMILES string of the molecule is COc1nc(C)cc2cc3c(c(O)c12)C(=O)CC3. The van der Waals surface area contributed by atoms with Crippen molar-refractivity contribution in [2.45, 2.75) is 19.8 Å². The first-order chi connectivity index (χ1) is 8.61. The van der Waals surface area contributed by atoms with E-state index < -0.39 is 0 Å². The van der Waals surface area contributed by atoms with Crippen LogP contribution in [0.4, 0.5) is 0 Å². The van der Waals surface area contributed by atoms with Gasteiger partial charge in [-0.15, -0.1) is 0 Å². The summed E-state index contributed by atoms with van der Waals surface area (Å²) in [6.45, 7) is 1.87. The molecule has 0 bridgehead atoms. The molecule has 0 saturated carbocycles. The quantitative estimate of drug-likeness (QED) is 0.835. The molecule has 92 valence electrons. The lowest BCUT2D eigenvalue weighted by Crippen LogP contribution is -1.97. The van der Waals surface area contributed by atoms with Gasteiger partial charge in [-0.2, -0.15) is 0 Å². The predicted octanol–water partition coefficient (Wildman–Crippen LogP) is 2.39. The first-order valence-electron chi connectivity index (χ1n) is 5.85. The lowest BCUT2D eigenvalue weighted by Gasteiger charge is -2.11. The van der Waals surface area contributed by atoms with Crippen molar-refractivity contribution in [2.24, 2.45) is 0 Å². The van der Waals surface area contributed by atoms with Crippen molar-refractivity contribution >= 4 is 16.6 Å². The molecule has 0 radical (unpaired) electrons. The Hall–Kier alpha value is -2.10. The fourth-order valence-corrected chi connectivity index (χ4v) is 2.59. The van der Waals surface area contributed by atoms with Crippen molar-refractivity contribution in [3.63, 3.8) is 0 Å². The Morgan fingerprint density at radius 1 is 1.33 bits per heavy atom.